The van der Waals surface area contributed by atoms with Crippen molar-refractivity contribution in [3.63, 3.8) is 0 Å². The maximum atomic E-state index is 11.3. The van der Waals surface area contributed by atoms with Crippen molar-refractivity contribution in [2.45, 2.75) is 33.6 Å². The zero-order chi connectivity index (χ0) is 13.1. The van der Waals surface area contributed by atoms with Crippen LogP contribution in [0, 0.1) is 6.92 Å². The van der Waals surface area contributed by atoms with Gasteiger partial charge in [0.1, 0.15) is 5.82 Å². The van der Waals surface area contributed by atoms with Crippen LogP contribution in [0.3, 0.4) is 0 Å². The molecule has 0 unspecified atom stereocenters. The summed E-state index contributed by atoms with van der Waals surface area (Å²) in [6.07, 6.45) is 1.92. The van der Waals surface area contributed by atoms with E-state index in [0.29, 0.717) is 0 Å². The second-order valence-electron chi connectivity index (χ2n) is 4.28. The fourth-order valence-electron chi connectivity index (χ4n) is 1.76. The van der Waals surface area contributed by atoms with Crippen LogP contribution in [0.25, 0.3) is 10.6 Å². The molecular formula is C14H16N2OS. The van der Waals surface area contributed by atoms with Crippen molar-refractivity contribution < 1.29 is 4.79 Å². The van der Waals surface area contributed by atoms with E-state index in [1.54, 1.807) is 6.92 Å². The fourth-order valence-corrected chi connectivity index (χ4v) is 2.62. The lowest BCUT2D eigenvalue weighted by atomic mass is 10.2. The third kappa shape index (κ3) is 2.82. The summed E-state index contributed by atoms with van der Waals surface area (Å²) in [7, 11) is 0. The Labute approximate surface area is 111 Å². The molecule has 4 heteroatoms. The Morgan fingerprint density at radius 2 is 2.11 bits per heavy atom. The van der Waals surface area contributed by atoms with Crippen LogP contribution in [-0.2, 0) is 6.42 Å². The molecule has 2 rings (SSSR count). The van der Waals surface area contributed by atoms with Crippen LogP contribution in [0.2, 0.25) is 0 Å². The van der Waals surface area contributed by atoms with Crippen molar-refractivity contribution in [1.29, 1.82) is 0 Å². The lowest BCUT2D eigenvalue weighted by Crippen LogP contribution is -1.97. The minimum atomic E-state index is 0.103. The van der Waals surface area contributed by atoms with E-state index in [0.717, 1.165) is 39.8 Å². The number of Topliss-reactive ketones (excluding diaryl/α,β-unsaturated/α-hetero) is 1. The van der Waals surface area contributed by atoms with Gasteiger partial charge in [0.25, 0.3) is 0 Å². The zero-order valence-electron chi connectivity index (χ0n) is 10.9. The highest BCUT2D eigenvalue weighted by Crippen LogP contribution is 2.27. The first-order valence-corrected chi connectivity index (χ1v) is 6.87. The minimum absolute atomic E-state index is 0.103. The van der Waals surface area contributed by atoms with Gasteiger partial charge in [-0.2, -0.15) is 0 Å². The lowest BCUT2D eigenvalue weighted by molar-refractivity contribution is 0.102. The van der Waals surface area contributed by atoms with Gasteiger partial charge in [0.05, 0.1) is 15.4 Å². The molecule has 0 amide bonds. The molecule has 0 spiro atoms. The molecule has 0 saturated carbocycles. The molecule has 2 heterocycles. The van der Waals surface area contributed by atoms with Gasteiger partial charge in [0, 0.05) is 12.1 Å². The summed E-state index contributed by atoms with van der Waals surface area (Å²) in [5.41, 5.74) is 1.89. The van der Waals surface area contributed by atoms with E-state index in [1.165, 1.54) is 11.3 Å². The van der Waals surface area contributed by atoms with Crippen molar-refractivity contribution in [2.24, 2.45) is 0 Å². The van der Waals surface area contributed by atoms with Gasteiger partial charge < -0.3 is 0 Å². The number of ketones is 1. The Hall–Kier alpha value is -1.55. The number of thiophene rings is 1. The van der Waals surface area contributed by atoms with Gasteiger partial charge in [-0.3, -0.25) is 4.79 Å². The van der Waals surface area contributed by atoms with E-state index < -0.39 is 0 Å². The third-order valence-electron chi connectivity index (χ3n) is 2.58. The van der Waals surface area contributed by atoms with E-state index in [9.17, 15) is 4.79 Å². The molecule has 0 atom stereocenters. The normalized spacial score (nSPS) is 10.6. The van der Waals surface area contributed by atoms with Crippen LogP contribution in [0.1, 0.15) is 41.5 Å². The molecule has 0 aromatic carbocycles. The topological polar surface area (TPSA) is 42.9 Å². The maximum Gasteiger partial charge on any atom is 0.169 e. The molecule has 18 heavy (non-hydrogen) atoms. The average Bonchev–Trinajstić information content (AvgIpc) is 2.78. The van der Waals surface area contributed by atoms with E-state index in [-0.39, 0.29) is 5.78 Å². The standard InChI is InChI=1S/C14H16N2OS/c1-4-5-14-15-9(2)8-11(16-14)13-7-6-12(18-13)10(3)17/h6-8H,4-5H2,1-3H3. The summed E-state index contributed by atoms with van der Waals surface area (Å²) in [5, 5.41) is 0. The van der Waals surface area contributed by atoms with E-state index in [1.807, 2.05) is 25.1 Å². The Morgan fingerprint density at radius 3 is 2.72 bits per heavy atom. The molecule has 0 radical (unpaired) electrons. The number of carbonyl (C=O) groups is 1. The van der Waals surface area contributed by atoms with E-state index in [4.69, 9.17) is 0 Å². The zero-order valence-corrected chi connectivity index (χ0v) is 11.7. The number of hydrogen-bond donors (Lipinski definition) is 0. The number of hydrogen-bond acceptors (Lipinski definition) is 4. The van der Waals surface area contributed by atoms with Crippen LogP contribution < -0.4 is 0 Å². The van der Waals surface area contributed by atoms with Gasteiger partial charge in [-0.1, -0.05) is 6.92 Å². The van der Waals surface area contributed by atoms with Crippen LogP contribution in [0.4, 0.5) is 0 Å². The lowest BCUT2D eigenvalue weighted by Gasteiger charge is -2.03. The SMILES string of the molecule is CCCc1nc(C)cc(-c2ccc(C(C)=O)s2)n1. The molecule has 0 bridgehead atoms. The molecule has 2 aromatic rings. The summed E-state index contributed by atoms with van der Waals surface area (Å²) in [6, 6.07) is 5.78. The number of nitrogens with zero attached hydrogens (tertiary/aromatic N) is 2. The van der Waals surface area contributed by atoms with Gasteiger partial charge in [-0.15, -0.1) is 11.3 Å². The first kappa shape index (κ1) is 12.9. The summed E-state index contributed by atoms with van der Waals surface area (Å²) in [4.78, 5) is 22.1. The third-order valence-corrected chi connectivity index (χ3v) is 3.79. The number of aryl methyl sites for hydroxylation is 2. The molecule has 0 aliphatic heterocycles. The van der Waals surface area contributed by atoms with Crippen molar-refractivity contribution >= 4 is 17.1 Å². The Morgan fingerprint density at radius 1 is 1.33 bits per heavy atom. The van der Waals surface area contributed by atoms with Gasteiger partial charge >= 0.3 is 0 Å². The summed E-state index contributed by atoms with van der Waals surface area (Å²) < 4.78 is 0. The van der Waals surface area contributed by atoms with Crippen molar-refractivity contribution in [1.82, 2.24) is 9.97 Å². The van der Waals surface area contributed by atoms with Gasteiger partial charge in [-0.25, -0.2) is 9.97 Å². The predicted molar refractivity (Wildman–Crippen MR) is 74.1 cm³/mol. The van der Waals surface area contributed by atoms with Crippen molar-refractivity contribution in [2.75, 3.05) is 0 Å². The quantitative estimate of drug-likeness (QED) is 0.788. The molecule has 94 valence electrons. The van der Waals surface area contributed by atoms with Crippen LogP contribution in [-0.4, -0.2) is 15.8 Å². The number of rotatable bonds is 4. The average molecular weight is 260 g/mol. The second-order valence-corrected chi connectivity index (χ2v) is 5.36. The summed E-state index contributed by atoms with van der Waals surface area (Å²) in [6.45, 7) is 5.68. The van der Waals surface area contributed by atoms with E-state index in [2.05, 4.69) is 16.9 Å². The molecule has 2 aromatic heterocycles. The van der Waals surface area contributed by atoms with E-state index >= 15 is 0 Å². The van der Waals surface area contributed by atoms with Gasteiger partial charge in [0.2, 0.25) is 0 Å². The first-order valence-electron chi connectivity index (χ1n) is 6.06. The Bertz CT molecular complexity index is 575. The Balaban J connectivity index is 2.39. The fraction of sp³-hybridized carbons (Fsp3) is 0.357. The smallest absolute Gasteiger partial charge is 0.169 e. The second kappa shape index (κ2) is 5.40. The molecule has 0 N–H and O–H groups in total. The highest BCUT2D eigenvalue weighted by molar-refractivity contribution is 7.17. The van der Waals surface area contributed by atoms with Gasteiger partial charge in [0.15, 0.2) is 5.78 Å². The minimum Gasteiger partial charge on any atom is -0.294 e. The molecule has 0 aliphatic rings. The van der Waals surface area contributed by atoms with Crippen molar-refractivity contribution in [3.05, 3.63) is 34.6 Å². The van der Waals surface area contributed by atoms with Crippen LogP contribution in [0.5, 0.6) is 0 Å². The molecule has 0 fully saturated rings. The number of carbonyl (C=O) groups excluding carboxylic acids is 1. The summed E-state index contributed by atoms with van der Waals surface area (Å²) >= 11 is 1.49. The molecular weight excluding hydrogens is 244 g/mol. The van der Waals surface area contributed by atoms with Crippen molar-refractivity contribution in [3.8, 4) is 10.6 Å². The van der Waals surface area contributed by atoms with Gasteiger partial charge in [-0.05, 0) is 38.5 Å². The largest absolute Gasteiger partial charge is 0.294 e. The molecule has 0 saturated heterocycles. The highest BCUT2D eigenvalue weighted by atomic mass is 32.1. The molecule has 3 nitrogen and oxygen atoms in total. The molecule has 0 aliphatic carbocycles. The number of aromatic nitrogens is 2. The maximum absolute atomic E-state index is 11.3. The van der Waals surface area contributed by atoms with Crippen LogP contribution in [0.15, 0.2) is 18.2 Å². The summed E-state index contributed by atoms with van der Waals surface area (Å²) in [5.74, 6) is 0.982. The Kier molecular flexibility index (Phi) is 3.87. The highest BCUT2D eigenvalue weighted by Gasteiger charge is 2.09. The van der Waals surface area contributed by atoms with Crippen LogP contribution >= 0.6 is 11.3 Å². The predicted octanol–water partition coefficient (Wildman–Crippen LogP) is 3.67. The first-order chi connectivity index (χ1) is 8.60. The monoisotopic (exact) mass is 260 g/mol.